The molecule has 16 heavy (non-hydrogen) atoms. The van der Waals surface area contributed by atoms with Gasteiger partial charge in [-0.2, -0.15) is 0 Å². The van der Waals surface area contributed by atoms with Gasteiger partial charge in [0, 0.05) is 5.92 Å². The van der Waals surface area contributed by atoms with Crippen molar-refractivity contribution in [3.8, 4) is 0 Å². The minimum Gasteiger partial charge on any atom is -0.393 e. The Morgan fingerprint density at radius 2 is 2.44 bits per heavy atom. The summed E-state index contributed by atoms with van der Waals surface area (Å²) in [5.41, 5.74) is 1.38. The van der Waals surface area contributed by atoms with E-state index in [2.05, 4.69) is 19.9 Å². The van der Waals surface area contributed by atoms with Crippen LogP contribution < -0.4 is 0 Å². The lowest BCUT2D eigenvalue weighted by atomic mass is 9.63. The molecule has 1 fully saturated rings. The Balaban J connectivity index is 2.25. The molecule has 0 aliphatic heterocycles. The number of carbonyl (C=O) groups excluding carboxylic acids is 1. The fraction of sp³-hybridized carbons (Fsp3) is 0.786. The molecule has 2 heteroatoms. The van der Waals surface area contributed by atoms with Crippen LogP contribution in [-0.4, -0.2) is 17.5 Å². The van der Waals surface area contributed by atoms with Gasteiger partial charge in [-0.1, -0.05) is 25.5 Å². The molecule has 0 aromatic rings. The number of rotatable bonds is 3. The molecular weight excluding hydrogens is 200 g/mol. The van der Waals surface area contributed by atoms with Crippen LogP contribution in [0, 0.1) is 17.3 Å². The molecular formula is C14H22O2. The number of aldehydes is 1. The Morgan fingerprint density at radius 3 is 3.06 bits per heavy atom. The van der Waals surface area contributed by atoms with E-state index in [1.165, 1.54) is 5.57 Å². The number of hydrogen-bond donors (Lipinski definition) is 1. The standard InChI is InChI=1S/C14H22O2/c1-3-10(9-15)11-6-7-12-13(16)5-4-8-14(11,12)2/h6,9-10,12-13,16H,3-5,7-8H2,1-2H3/t10-,12+,13+,14-/m1/s1. The second-order valence-corrected chi connectivity index (χ2v) is 5.53. The maximum atomic E-state index is 11.1. The maximum Gasteiger partial charge on any atom is 0.127 e. The predicted octanol–water partition coefficient (Wildman–Crippen LogP) is 2.71. The highest BCUT2D eigenvalue weighted by atomic mass is 16.3. The van der Waals surface area contributed by atoms with Crippen molar-refractivity contribution in [2.45, 2.75) is 52.1 Å². The van der Waals surface area contributed by atoms with Crippen LogP contribution in [0.4, 0.5) is 0 Å². The summed E-state index contributed by atoms with van der Waals surface area (Å²) in [6.07, 6.45) is 8.12. The molecule has 0 amide bonds. The van der Waals surface area contributed by atoms with Crippen LogP contribution in [0.5, 0.6) is 0 Å². The van der Waals surface area contributed by atoms with Crippen LogP contribution in [0.1, 0.15) is 46.0 Å². The third-order valence-electron chi connectivity index (χ3n) is 4.73. The van der Waals surface area contributed by atoms with E-state index in [4.69, 9.17) is 0 Å². The van der Waals surface area contributed by atoms with E-state index in [0.717, 1.165) is 38.4 Å². The van der Waals surface area contributed by atoms with E-state index >= 15 is 0 Å². The Hall–Kier alpha value is -0.630. The summed E-state index contributed by atoms with van der Waals surface area (Å²) in [5, 5.41) is 10.1. The summed E-state index contributed by atoms with van der Waals surface area (Å²) in [7, 11) is 0. The Morgan fingerprint density at radius 1 is 1.69 bits per heavy atom. The summed E-state index contributed by atoms with van der Waals surface area (Å²) >= 11 is 0. The average Bonchev–Trinajstić information content (AvgIpc) is 2.60. The summed E-state index contributed by atoms with van der Waals surface area (Å²) in [6.45, 7) is 4.31. The summed E-state index contributed by atoms with van der Waals surface area (Å²) < 4.78 is 0. The zero-order valence-electron chi connectivity index (χ0n) is 10.3. The van der Waals surface area contributed by atoms with Crippen molar-refractivity contribution in [1.82, 2.24) is 0 Å². The van der Waals surface area contributed by atoms with E-state index < -0.39 is 0 Å². The monoisotopic (exact) mass is 222 g/mol. The Bertz CT molecular complexity index is 308. The van der Waals surface area contributed by atoms with Crippen molar-refractivity contribution in [1.29, 1.82) is 0 Å². The summed E-state index contributed by atoms with van der Waals surface area (Å²) in [4.78, 5) is 11.1. The van der Waals surface area contributed by atoms with Gasteiger partial charge >= 0.3 is 0 Å². The predicted molar refractivity (Wildman–Crippen MR) is 64.0 cm³/mol. The third-order valence-corrected chi connectivity index (χ3v) is 4.73. The summed E-state index contributed by atoms with van der Waals surface area (Å²) in [6, 6.07) is 0. The van der Waals surface area contributed by atoms with Crippen LogP contribution in [0.15, 0.2) is 11.6 Å². The van der Waals surface area contributed by atoms with Gasteiger partial charge in [-0.15, -0.1) is 0 Å². The SMILES string of the molecule is CC[C@H](C=O)C1=CC[C@H]2[C@@H](O)CCC[C@]12C. The van der Waals surface area contributed by atoms with Gasteiger partial charge < -0.3 is 9.90 Å². The molecule has 2 nitrogen and oxygen atoms in total. The number of hydrogen-bond acceptors (Lipinski definition) is 2. The fourth-order valence-corrected chi connectivity index (χ4v) is 3.72. The van der Waals surface area contributed by atoms with Gasteiger partial charge in [0.05, 0.1) is 6.10 Å². The molecule has 0 radical (unpaired) electrons. The van der Waals surface area contributed by atoms with Crippen LogP contribution >= 0.6 is 0 Å². The van der Waals surface area contributed by atoms with Gasteiger partial charge in [0.15, 0.2) is 0 Å². The number of aliphatic hydroxyl groups is 1. The highest BCUT2D eigenvalue weighted by Gasteiger charge is 2.48. The van der Waals surface area contributed by atoms with E-state index in [9.17, 15) is 9.90 Å². The minimum atomic E-state index is -0.170. The first-order chi connectivity index (χ1) is 7.63. The molecule has 0 aromatic heterocycles. The van der Waals surface area contributed by atoms with Crippen molar-refractivity contribution in [2.75, 3.05) is 0 Å². The molecule has 0 spiro atoms. The van der Waals surface area contributed by atoms with Crippen LogP contribution in [0.25, 0.3) is 0 Å². The molecule has 1 saturated carbocycles. The third kappa shape index (κ3) is 1.64. The molecule has 2 aliphatic carbocycles. The summed E-state index contributed by atoms with van der Waals surface area (Å²) in [5.74, 6) is 0.422. The van der Waals surface area contributed by atoms with Crippen molar-refractivity contribution in [3.63, 3.8) is 0 Å². The van der Waals surface area contributed by atoms with Crippen LogP contribution in [0.3, 0.4) is 0 Å². The molecule has 1 N–H and O–H groups in total. The molecule has 90 valence electrons. The average molecular weight is 222 g/mol. The van der Waals surface area contributed by atoms with Crippen molar-refractivity contribution in [2.24, 2.45) is 17.3 Å². The molecule has 0 unspecified atom stereocenters. The Kier molecular flexibility index (Phi) is 3.20. The zero-order chi connectivity index (χ0) is 11.8. The smallest absolute Gasteiger partial charge is 0.127 e. The normalized spacial score (nSPS) is 40.1. The highest BCUT2D eigenvalue weighted by molar-refractivity contribution is 5.60. The lowest BCUT2D eigenvalue weighted by Crippen LogP contribution is -2.39. The fourth-order valence-electron chi connectivity index (χ4n) is 3.72. The topological polar surface area (TPSA) is 37.3 Å². The van der Waals surface area contributed by atoms with Gasteiger partial charge in [-0.25, -0.2) is 0 Å². The Labute approximate surface area is 97.7 Å². The number of fused-ring (bicyclic) bond motifs is 1. The quantitative estimate of drug-likeness (QED) is 0.589. The number of allylic oxidation sites excluding steroid dienone is 2. The van der Waals surface area contributed by atoms with Gasteiger partial charge in [0.2, 0.25) is 0 Å². The largest absolute Gasteiger partial charge is 0.393 e. The number of carbonyl (C=O) groups is 1. The molecule has 0 bridgehead atoms. The first-order valence-electron chi connectivity index (χ1n) is 6.47. The zero-order valence-corrected chi connectivity index (χ0v) is 10.3. The van der Waals surface area contributed by atoms with Gasteiger partial charge in [0.1, 0.15) is 6.29 Å². The molecule has 0 saturated heterocycles. The maximum absolute atomic E-state index is 11.1. The van der Waals surface area contributed by atoms with Crippen molar-refractivity contribution in [3.05, 3.63) is 11.6 Å². The van der Waals surface area contributed by atoms with Crippen molar-refractivity contribution < 1.29 is 9.90 Å². The van der Waals surface area contributed by atoms with E-state index in [1.807, 2.05) is 0 Å². The molecule has 0 heterocycles. The van der Waals surface area contributed by atoms with Gasteiger partial charge in [0.25, 0.3) is 0 Å². The van der Waals surface area contributed by atoms with Crippen LogP contribution in [0.2, 0.25) is 0 Å². The highest BCUT2D eigenvalue weighted by Crippen LogP contribution is 2.54. The van der Waals surface area contributed by atoms with E-state index in [1.54, 1.807) is 0 Å². The lowest BCUT2D eigenvalue weighted by molar-refractivity contribution is -0.110. The molecule has 2 aliphatic rings. The van der Waals surface area contributed by atoms with Crippen LogP contribution in [-0.2, 0) is 4.79 Å². The second kappa shape index (κ2) is 4.33. The molecule has 4 atom stereocenters. The first-order valence-corrected chi connectivity index (χ1v) is 6.47. The molecule has 2 rings (SSSR count). The lowest BCUT2D eigenvalue weighted by Gasteiger charge is -2.43. The number of aliphatic hydroxyl groups excluding tert-OH is 1. The van der Waals surface area contributed by atoms with Gasteiger partial charge in [-0.3, -0.25) is 0 Å². The van der Waals surface area contributed by atoms with Gasteiger partial charge in [-0.05, 0) is 43.4 Å². The van der Waals surface area contributed by atoms with Crippen molar-refractivity contribution >= 4 is 6.29 Å². The first kappa shape index (κ1) is 11.8. The minimum absolute atomic E-state index is 0.0697. The second-order valence-electron chi connectivity index (χ2n) is 5.53. The molecule has 0 aromatic carbocycles. The van der Waals surface area contributed by atoms with E-state index in [0.29, 0.717) is 5.92 Å². The van der Waals surface area contributed by atoms with E-state index in [-0.39, 0.29) is 17.4 Å².